The summed E-state index contributed by atoms with van der Waals surface area (Å²) in [5.41, 5.74) is 6.62. The maximum atomic E-state index is 15.2. The lowest BCUT2D eigenvalue weighted by molar-refractivity contribution is 0.0695. The molecule has 35 heavy (non-hydrogen) atoms. The molecule has 2 atom stereocenters. The van der Waals surface area contributed by atoms with Crippen LogP contribution in [-0.4, -0.2) is 33.8 Å². The summed E-state index contributed by atoms with van der Waals surface area (Å²) < 4.78 is 16.8. The molecule has 2 aliphatic rings. The van der Waals surface area contributed by atoms with Gasteiger partial charge in [-0.25, -0.2) is 9.18 Å². The first-order chi connectivity index (χ1) is 16.9. The summed E-state index contributed by atoms with van der Waals surface area (Å²) in [4.78, 5) is 24.2. The van der Waals surface area contributed by atoms with Crippen molar-refractivity contribution < 1.29 is 14.3 Å². The number of carboxylic acid groups (broad SMARTS) is 1. The average Bonchev–Trinajstić information content (AvgIpc) is 3.63. The van der Waals surface area contributed by atoms with Crippen molar-refractivity contribution in [2.24, 2.45) is 0 Å². The van der Waals surface area contributed by atoms with E-state index in [1.807, 2.05) is 13.0 Å². The Bertz CT molecular complexity index is 1320. The Morgan fingerprint density at radius 2 is 1.86 bits per heavy atom. The predicted molar refractivity (Wildman–Crippen MR) is 136 cm³/mol. The van der Waals surface area contributed by atoms with Gasteiger partial charge in [0.15, 0.2) is 5.82 Å². The molecule has 184 valence electrons. The minimum atomic E-state index is -1.35. The highest BCUT2D eigenvalue weighted by molar-refractivity contribution is 5.99. The van der Waals surface area contributed by atoms with Gasteiger partial charge >= 0.3 is 5.97 Å². The number of fused-ring (bicyclic) bond motifs is 1. The van der Waals surface area contributed by atoms with E-state index in [0.717, 1.165) is 25.7 Å². The third-order valence-electron chi connectivity index (χ3n) is 7.47. The van der Waals surface area contributed by atoms with E-state index in [0.29, 0.717) is 30.1 Å². The van der Waals surface area contributed by atoms with Crippen LogP contribution in [0.25, 0.3) is 10.9 Å². The molecule has 1 heterocycles. The lowest BCUT2D eigenvalue weighted by atomic mass is 9.90. The zero-order valence-electron chi connectivity index (χ0n) is 19.8. The molecule has 8 heteroatoms. The topological polar surface area (TPSA) is 109 Å². The standard InChI is InChI=1S/C27H31FN4O3/c1-2-32-14-19(27(34)35)26(33)23-22(32)13-21(24(28)25(23)29)31-17-10-8-16(9-11-17)30-20-12-18(20)15-6-4-3-5-7-15/h3-7,13-14,16-18,20,30-31H,2,8-12,29H2,1H3,(H,34,35)/t16-,17-,18-,20+/m0/s1. The first-order valence-corrected chi connectivity index (χ1v) is 12.3. The highest BCUT2D eigenvalue weighted by atomic mass is 19.1. The molecule has 2 aromatic carbocycles. The van der Waals surface area contributed by atoms with E-state index in [2.05, 4.69) is 34.9 Å². The smallest absolute Gasteiger partial charge is 0.341 e. The zero-order chi connectivity index (χ0) is 24.7. The number of carboxylic acids is 1. The van der Waals surface area contributed by atoms with Crippen LogP contribution in [0.3, 0.4) is 0 Å². The molecule has 2 saturated carbocycles. The molecule has 0 unspecified atom stereocenters. The minimum absolute atomic E-state index is 0.0832. The van der Waals surface area contributed by atoms with Crippen molar-refractivity contribution in [1.82, 2.24) is 9.88 Å². The van der Waals surface area contributed by atoms with E-state index in [1.54, 1.807) is 10.6 Å². The second-order valence-corrected chi connectivity index (χ2v) is 9.73. The quantitative estimate of drug-likeness (QED) is 0.377. The number of nitrogen functional groups attached to an aromatic ring is 1. The Hall–Kier alpha value is -3.39. The van der Waals surface area contributed by atoms with Crippen LogP contribution < -0.4 is 21.8 Å². The summed E-state index contributed by atoms with van der Waals surface area (Å²) >= 11 is 0. The first kappa shape index (κ1) is 23.4. The van der Waals surface area contributed by atoms with Gasteiger partial charge in [0.1, 0.15) is 5.56 Å². The Balaban J connectivity index is 1.27. The van der Waals surface area contributed by atoms with Gasteiger partial charge in [0.05, 0.1) is 22.3 Å². The summed E-state index contributed by atoms with van der Waals surface area (Å²) in [5, 5.41) is 16.4. The number of halogens is 1. The van der Waals surface area contributed by atoms with Gasteiger partial charge in [-0.1, -0.05) is 30.3 Å². The Labute approximate surface area is 203 Å². The van der Waals surface area contributed by atoms with Gasteiger partial charge in [-0.2, -0.15) is 0 Å². The molecule has 0 radical (unpaired) electrons. The Kier molecular flexibility index (Phi) is 6.23. The molecule has 3 aromatic rings. The maximum absolute atomic E-state index is 15.2. The lowest BCUT2D eigenvalue weighted by Gasteiger charge is -2.31. The van der Waals surface area contributed by atoms with Gasteiger partial charge in [0, 0.05) is 36.8 Å². The number of nitrogens with two attached hydrogens (primary N) is 1. The van der Waals surface area contributed by atoms with Crippen molar-refractivity contribution >= 4 is 28.2 Å². The fourth-order valence-corrected chi connectivity index (χ4v) is 5.44. The number of aromatic nitrogens is 1. The van der Waals surface area contributed by atoms with Crippen LogP contribution in [0, 0.1) is 5.82 Å². The summed E-state index contributed by atoms with van der Waals surface area (Å²) in [6.45, 7) is 2.25. The van der Waals surface area contributed by atoms with Crippen molar-refractivity contribution in [2.75, 3.05) is 11.1 Å². The molecule has 0 amide bonds. The van der Waals surface area contributed by atoms with Crippen LogP contribution in [-0.2, 0) is 6.54 Å². The van der Waals surface area contributed by atoms with Gasteiger partial charge in [-0.05, 0) is 50.7 Å². The van der Waals surface area contributed by atoms with Crippen molar-refractivity contribution in [1.29, 1.82) is 0 Å². The fourth-order valence-electron chi connectivity index (χ4n) is 5.44. The maximum Gasteiger partial charge on any atom is 0.341 e. The second-order valence-electron chi connectivity index (χ2n) is 9.73. The van der Waals surface area contributed by atoms with Gasteiger partial charge in [-0.3, -0.25) is 4.79 Å². The molecule has 7 nitrogen and oxygen atoms in total. The van der Waals surface area contributed by atoms with Crippen LogP contribution in [0.5, 0.6) is 0 Å². The number of pyridine rings is 1. The number of rotatable bonds is 7. The van der Waals surface area contributed by atoms with Crippen LogP contribution >= 0.6 is 0 Å². The summed E-state index contributed by atoms with van der Waals surface area (Å²) in [6.07, 6.45) is 6.27. The monoisotopic (exact) mass is 478 g/mol. The van der Waals surface area contributed by atoms with E-state index in [-0.39, 0.29) is 22.8 Å². The van der Waals surface area contributed by atoms with Crippen LogP contribution in [0.4, 0.5) is 15.8 Å². The second kappa shape index (κ2) is 9.34. The number of aryl methyl sites for hydroxylation is 1. The van der Waals surface area contributed by atoms with Crippen molar-refractivity contribution in [2.45, 2.75) is 69.6 Å². The fraction of sp³-hybridized carbons (Fsp3) is 0.407. The normalized spacial score (nSPS) is 23.8. The minimum Gasteiger partial charge on any atom is -0.477 e. The van der Waals surface area contributed by atoms with Gasteiger partial charge in [-0.15, -0.1) is 0 Å². The molecule has 0 saturated heterocycles. The number of nitrogens with zero attached hydrogens (tertiary/aromatic N) is 1. The SMILES string of the molecule is CCn1cc(C(=O)O)c(=O)c2c(N)c(F)c(N[C@H]3CC[C@H](N[C@@H]4C[C@H]4c4ccccc4)CC3)cc21. The summed E-state index contributed by atoms with van der Waals surface area (Å²) in [5.74, 6) is -1.46. The van der Waals surface area contributed by atoms with Crippen LogP contribution in [0.15, 0.2) is 47.4 Å². The van der Waals surface area contributed by atoms with E-state index in [9.17, 15) is 14.7 Å². The molecule has 2 fully saturated rings. The molecule has 0 aliphatic heterocycles. The van der Waals surface area contributed by atoms with Gasteiger partial charge < -0.3 is 26.0 Å². The first-order valence-electron chi connectivity index (χ1n) is 12.3. The molecule has 0 spiro atoms. The summed E-state index contributed by atoms with van der Waals surface area (Å²) in [7, 11) is 0. The highest BCUT2D eigenvalue weighted by Gasteiger charge is 2.39. The molecule has 0 bridgehead atoms. The third-order valence-corrected chi connectivity index (χ3v) is 7.47. The molecule has 5 rings (SSSR count). The zero-order valence-corrected chi connectivity index (χ0v) is 19.8. The molecular formula is C27H31FN4O3. The van der Waals surface area contributed by atoms with E-state index in [1.165, 1.54) is 18.2 Å². The predicted octanol–water partition coefficient (Wildman–Crippen LogP) is 4.31. The highest BCUT2D eigenvalue weighted by Crippen LogP contribution is 2.41. The molecule has 5 N–H and O–H groups in total. The van der Waals surface area contributed by atoms with E-state index >= 15 is 4.39 Å². The molecule has 1 aromatic heterocycles. The van der Waals surface area contributed by atoms with Crippen molar-refractivity contribution in [3.63, 3.8) is 0 Å². The molecular weight excluding hydrogens is 447 g/mol. The largest absolute Gasteiger partial charge is 0.477 e. The van der Waals surface area contributed by atoms with Gasteiger partial charge in [0.2, 0.25) is 5.43 Å². The van der Waals surface area contributed by atoms with Gasteiger partial charge in [0.25, 0.3) is 0 Å². The molecule has 2 aliphatic carbocycles. The van der Waals surface area contributed by atoms with Crippen LogP contribution in [0.1, 0.15) is 60.9 Å². The Morgan fingerprint density at radius 1 is 1.17 bits per heavy atom. The van der Waals surface area contributed by atoms with Crippen molar-refractivity contribution in [3.8, 4) is 0 Å². The third kappa shape index (κ3) is 4.50. The Morgan fingerprint density at radius 3 is 2.51 bits per heavy atom. The lowest BCUT2D eigenvalue weighted by Crippen LogP contribution is -2.38. The number of hydrogen-bond acceptors (Lipinski definition) is 5. The number of nitrogens with one attached hydrogen (secondary N) is 2. The number of aromatic carboxylic acids is 1. The number of benzene rings is 2. The number of anilines is 2. The van der Waals surface area contributed by atoms with E-state index < -0.39 is 22.8 Å². The summed E-state index contributed by atoms with van der Waals surface area (Å²) in [6, 6.07) is 13.3. The van der Waals surface area contributed by atoms with Crippen LogP contribution in [0.2, 0.25) is 0 Å². The number of hydrogen-bond donors (Lipinski definition) is 4. The van der Waals surface area contributed by atoms with Crippen molar-refractivity contribution in [3.05, 3.63) is 69.8 Å². The average molecular weight is 479 g/mol. The number of carbonyl (C=O) groups is 1. The van der Waals surface area contributed by atoms with E-state index in [4.69, 9.17) is 5.73 Å².